The number of carbonyl (C=O) groups excluding carboxylic acids is 1. The lowest BCUT2D eigenvalue weighted by Crippen LogP contribution is -2.12. The number of rotatable bonds is 4. The summed E-state index contributed by atoms with van der Waals surface area (Å²) in [6.45, 7) is 0. The van der Waals surface area contributed by atoms with Crippen LogP contribution in [-0.4, -0.2) is 5.97 Å². The first-order valence-electron chi connectivity index (χ1n) is 7.20. The molecule has 0 radical (unpaired) electrons. The molecule has 0 aliphatic rings. The van der Waals surface area contributed by atoms with Gasteiger partial charge in [-0.2, -0.15) is 0 Å². The molecule has 0 heterocycles. The van der Waals surface area contributed by atoms with Crippen molar-refractivity contribution < 1.29 is 9.53 Å². The fourth-order valence-electron chi connectivity index (χ4n) is 2.33. The second-order valence-corrected chi connectivity index (χ2v) is 4.97. The fourth-order valence-corrected chi connectivity index (χ4v) is 2.33. The molecule has 22 heavy (non-hydrogen) atoms. The first-order chi connectivity index (χ1) is 10.8. The Hall–Kier alpha value is -2.87. The van der Waals surface area contributed by atoms with Crippen LogP contribution in [0.4, 0.5) is 0 Å². The average Bonchev–Trinajstić information content (AvgIpc) is 2.62. The minimum Gasteiger partial charge on any atom is -0.449 e. The van der Waals surface area contributed by atoms with Crippen molar-refractivity contribution in [2.75, 3.05) is 0 Å². The van der Waals surface area contributed by atoms with Gasteiger partial charge in [0, 0.05) is 0 Å². The van der Waals surface area contributed by atoms with Crippen LogP contribution in [0.1, 0.15) is 27.6 Å². The van der Waals surface area contributed by atoms with E-state index in [9.17, 15) is 4.79 Å². The van der Waals surface area contributed by atoms with Crippen LogP contribution in [0.15, 0.2) is 91.0 Å². The molecule has 3 aromatic rings. The lowest BCUT2D eigenvalue weighted by atomic mass is 10.0. The van der Waals surface area contributed by atoms with E-state index in [1.807, 2.05) is 78.9 Å². The minimum atomic E-state index is -0.407. The van der Waals surface area contributed by atoms with E-state index < -0.39 is 6.10 Å². The summed E-state index contributed by atoms with van der Waals surface area (Å²) in [5.74, 6) is -0.321. The maximum Gasteiger partial charge on any atom is 0.339 e. The van der Waals surface area contributed by atoms with Crippen LogP contribution in [0.2, 0.25) is 0 Å². The van der Waals surface area contributed by atoms with Crippen molar-refractivity contribution in [1.82, 2.24) is 0 Å². The van der Waals surface area contributed by atoms with Crippen LogP contribution in [0, 0.1) is 0 Å². The average molecular weight is 288 g/mol. The van der Waals surface area contributed by atoms with E-state index in [0.29, 0.717) is 5.56 Å². The van der Waals surface area contributed by atoms with E-state index >= 15 is 0 Å². The van der Waals surface area contributed by atoms with E-state index in [1.54, 1.807) is 12.1 Å². The normalized spacial score (nSPS) is 10.4. The molecule has 0 amide bonds. The third-order valence-corrected chi connectivity index (χ3v) is 3.44. The zero-order chi connectivity index (χ0) is 15.2. The Kier molecular flexibility index (Phi) is 4.30. The molecule has 3 aromatic carbocycles. The summed E-state index contributed by atoms with van der Waals surface area (Å²) in [6, 6.07) is 28.6. The molecule has 0 spiro atoms. The van der Waals surface area contributed by atoms with Crippen molar-refractivity contribution in [2.45, 2.75) is 6.10 Å². The van der Waals surface area contributed by atoms with Crippen molar-refractivity contribution in [3.8, 4) is 0 Å². The molecule has 0 saturated heterocycles. The number of hydrogen-bond acceptors (Lipinski definition) is 2. The maximum absolute atomic E-state index is 12.4. The Morgan fingerprint density at radius 2 is 1.05 bits per heavy atom. The lowest BCUT2D eigenvalue weighted by Gasteiger charge is -2.19. The van der Waals surface area contributed by atoms with Crippen LogP contribution >= 0.6 is 0 Å². The maximum atomic E-state index is 12.4. The lowest BCUT2D eigenvalue weighted by molar-refractivity contribution is 0.0378. The molecule has 0 saturated carbocycles. The molecule has 2 nitrogen and oxygen atoms in total. The number of carbonyl (C=O) groups is 1. The number of hydrogen-bond donors (Lipinski definition) is 0. The Morgan fingerprint density at radius 3 is 1.50 bits per heavy atom. The highest BCUT2D eigenvalue weighted by atomic mass is 16.5. The topological polar surface area (TPSA) is 26.3 Å². The van der Waals surface area contributed by atoms with E-state index in [-0.39, 0.29) is 5.97 Å². The second kappa shape index (κ2) is 6.72. The molecule has 2 heteroatoms. The van der Waals surface area contributed by atoms with E-state index in [1.165, 1.54) is 0 Å². The molecule has 0 atom stereocenters. The summed E-state index contributed by atoms with van der Waals surface area (Å²) < 4.78 is 5.77. The summed E-state index contributed by atoms with van der Waals surface area (Å²) in [5.41, 5.74) is 2.47. The van der Waals surface area contributed by atoms with Gasteiger partial charge in [0.15, 0.2) is 6.10 Å². The largest absolute Gasteiger partial charge is 0.449 e. The van der Waals surface area contributed by atoms with Gasteiger partial charge in [-0.15, -0.1) is 0 Å². The van der Waals surface area contributed by atoms with Crippen LogP contribution < -0.4 is 0 Å². The molecule has 0 fully saturated rings. The summed E-state index contributed by atoms with van der Waals surface area (Å²) in [5, 5.41) is 0. The summed E-state index contributed by atoms with van der Waals surface area (Å²) >= 11 is 0. The molecular weight excluding hydrogens is 272 g/mol. The highest BCUT2D eigenvalue weighted by Gasteiger charge is 2.19. The van der Waals surface area contributed by atoms with Gasteiger partial charge < -0.3 is 4.74 Å². The van der Waals surface area contributed by atoms with Gasteiger partial charge in [0.2, 0.25) is 0 Å². The monoisotopic (exact) mass is 288 g/mol. The van der Waals surface area contributed by atoms with Gasteiger partial charge in [0.05, 0.1) is 5.56 Å². The third kappa shape index (κ3) is 3.23. The fraction of sp³-hybridized carbons (Fsp3) is 0.0500. The van der Waals surface area contributed by atoms with Crippen molar-refractivity contribution in [2.24, 2.45) is 0 Å². The minimum absolute atomic E-state index is 0.321. The van der Waals surface area contributed by atoms with Crippen LogP contribution in [0.3, 0.4) is 0 Å². The van der Waals surface area contributed by atoms with Gasteiger partial charge in [-0.3, -0.25) is 0 Å². The molecule has 0 aliphatic carbocycles. The summed E-state index contributed by atoms with van der Waals surface area (Å²) in [6.07, 6.45) is -0.407. The van der Waals surface area contributed by atoms with Crippen molar-refractivity contribution in [3.05, 3.63) is 108 Å². The number of esters is 1. The van der Waals surface area contributed by atoms with Crippen LogP contribution in [-0.2, 0) is 4.74 Å². The van der Waals surface area contributed by atoms with Gasteiger partial charge in [-0.1, -0.05) is 78.9 Å². The summed E-state index contributed by atoms with van der Waals surface area (Å²) in [7, 11) is 0. The zero-order valence-corrected chi connectivity index (χ0v) is 12.1. The Balaban J connectivity index is 1.91. The Bertz CT molecular complexity index is 682. The van der Waals surface area contributed by atoms with Crippen molar-refractivity contribution in [1.29, 1.82) is 0 Å². The molecule has 0 unspecified atom stereocenters. The Morgan fingerprint density at radius 1 is 0.636 bits per heavy atom. The number of benzene rings is 3. The van der Waals surface area contributed by atoms with Gasteiger partial charge >= 0.3 is 5.97 Å². The third-order valence-electron chi connectivity index (χ3n) is 3.44. The van der Waals surface area contributed by atoms with Gasteiger partial charge in [-0.25, -0.2) is 4.79 Å². The van der Waals surface area contributed by atoms with Crippen molar-refractivity contribution in [3.63, 3.8) is 0 Å². The second-order valence-electron chi connectivity index (χ2n) is 4.97. The predicted molar refractivity (Wildman–Crippen MR) is 86.6 cm³/mol. The molecule has 0 N–H and O–H groups in total. The van der Waals surface area contributed by atoms with E-state index in [4.69, 9.17) is 4.74 Å². The zero-order valence-electron chi connectivity index (χ0n) is 12.1. The molecule has 3 rings (SSSR count). The standard InChI is InChI=1S/C20H16O2/c21-20(18-14-8-3-9-15-18)22-19(16-10-4-1-5-11-16)17-12-6-2-7-13-17/h1-15,19H. The van der Waals surface area contributed by atoms with Gasteiger partial charge in [-0.05, 0) is 23.3 Å². The van der Waals surface area contributed by atoms with Crippen LogP contribution in [0.25, 0.3) is 0 Å². The van der Waals surface area contributed by atoms with Gasteiger partial charge in [0.25, 0.3) is 0 Å². The van der Waals surface area contributed by atoms with Gasteiger partial charge in [0.1, 0.15) is 0 Å². The molecule has 0 aliphatic heterocycles. The summed E-state index contributed by atoms with van der Waals surface area (Å²) in [4.78, 5) is 12.4. The SMILES string of the molecule is O=C(OC(c1ccccc1)c1ccccc1)c1ccccc1. The van der Waals surface area contributed by atoms with Crippen molar-refractivity contribution >= 4 is 5.97 Å². The van der Waals surface area contributed by atoms with Crippen LogP contribution in [0.5, 0.6) is 0 Å². The highest BCUT2D eigenvalue weighted by molar-refractivity contribution is 5.89. The van der Waals surface area contributed by atoms with E-state index in [0.717, 1.165) is 11.1 Å². The first-order valence-corrected chi connectivity index (χ1v) is 7.20. The number of ether oxygens (including phenoxy) is 1. The Labute approximate surface area is 130 Å². The smallest absolute Gasteiger partial charge is 0.339 e. The quantitative estimate of drug-likeness (QED) is 0.654. The molecule has 0 bridgehead atoms. The molecular formula is C20H16O2. The molecule has 0 aromatic heterocycles. The predicted octanol–water partition coefficient (Wildman–Crippen LogP) is 4.63. The molecule has 108 valence electrons. The van der Waals surface area contributed by atoms with E-state index in [2.05, 4.69) is 0 Å². The first kappa shape index (κ1) is 14.1. The highest BCUT2D eigenvalue weighted by Crippen LogP contribution is 2.26.